The highest BCUT2D eigenvalue weighted by atomic mass is 35.5. The van der Waals surface area contributed by atoms with Crippen LogP contribution in [0.25, 0.3) is 0 Å². The first-order valence-corrected chi connectivity index (χ1v) is 11.3. The number of halogens is 4. The standard InChI is InChI=1S/C24H25ClF3N3O3/c1-2-34-24(33)30-16-6-3-14(4-7-16)11-22(29-17-8-10-19(26)18(25)13-17)31-23(32)15-5-9-20(27)21(28)12-15/h5,8-10,12-14,16H,2-4,6-7,11H2,1H3,(H,30,33)(H,29,31,32). The molecule has 0 aromatic heterocycles. The average Bonchev–Trinajstić information content (AvgIpc) is 2.79. The molecule has 2 aromatic carbocycles. The van der Waals surface area contributed by atoms with E-state index in [2.05, 4.69) is 15.6 Å². The Morgan fingerprint density at radius 2 is 1.74 bits per heavy atom. The minimum absolute atomic E-state index is 0.00313. The van der Waals surface area contributed by atoms with Crippen LogP contribution in [-0.2, 0) is 4.74 Å². The second-order valence-corrected chi connectivity index (χ2v) is 8.43. The molecule has 2 N–H and O–H groups in total. The Morgan fingerprint density at radius 3 is 2.38 bits per heavy atom. The summed E-state index contributed by atoms with van der Waals surface area (Å²) in [6, 6.07) is 6.78. The fourth-order valence-corrected chi connectivity index (χ4v) is 3.97. The van der Waals surface area contributed by atoms with Crippen molar-refractivity contribution >= 4 is 35.1 Å². The van der Waals surface area contributed by atoms with Gasteiger partial charge in [0.2, 0.25) is 0 Å². The molecule has 6 nitrogen and oxygen atoms in total. The van der Waals surface area contributed by atoms with Gasteiger partial charge >= 0.3 is 6.09 Å². The van der Waals surface area contributed by atoms with E-state index in [9.17, 15) is 22.8 Å². The summed E-state index contributed by atoms with van der Waals surface area (Å²) < 4.78 is 45.3. The Kier molecular flexibility index (Phi) is 8.92. The third-order valence-electron chi connectivity index (χ3n) is 5.53. The van der Waals surface area contributed by atoms with Gasteiger partial charge in [0.25, 0.3) is 5.91 Å². The molecule has 0 saturated heterocycles. The van der Waals surface area contributed by atoms with E-state index in [1.807, 2.05) is 0 Å². The second kappa shape index (κ2) is 11.9. The molecule has 0 radical (unpaired) electrons. The lowest BCUT2D eigenvalue weighted by atomic mass is 9.84. The van der Waals surface area contributed by atoms with Crippen LogP contribution in [0.2, 0.25) is 5.02 Å². The molecule has 1 saturated carbocycles. The lowest BCUT2D eigenvalue weighted by molar-refractivity contribution is 0.0974. The maximum atomic E-state index is 13.6. The molecule has 2 amide bonds. The first-order chi connectivity index (χ1) is 16.2. The summed E-state index contributed by atoms with van der Waals surface area (Å²) in [6.45, 7) is 2.03. The van der Waals surface area contributed by atoms with E-state index in [1.165, 1.54) is 24.3 Å². The van der Waals surface area contributed by atoms with Crippen molar-refractivity contribution in [3.05, 3.63) is 64.4 Å². The Bertz CT molecular complexity index is 1070. The highest BCUT2D eigenvalue weighted by Crippen LogP contribution is 2.28. The Morgan fingerprint density at radius 1 is 1.03 bits per heavy atom. The molecule has 0 atom stereocenters. The van der Waals surface area contributed by atoms with Gasteiger partial charge in [0.15, 0.2) is 11.6 Å². The molecule has 2 aromatic rings. The SMILES string of the molecule is CCOC(=O)NC1CCC(CC(=Nc2ccc(F)c(Cl)c2)NC(=O)c2ccc(F)c(F)c2)CC1. The topological polar surface area (TPSA) is 79.8 Å². The van der Waals surface area contributed by atoms with Crippen molar-refractivity contribution in [3.63, 3.8) is 0 Å². The van der Waals surface area contributed by atoms with E-state index >= 15 is 0 Å². The molecule has 0 aliphatic heterocycles. The zero-order chi connectivity index (χ0) is 24.7. The molecule has 0 unspecified atom stereocenters. The van der Waals surface area contributed by atoms with Crippen molar-refractivity contribution in [1.82, 2.24) is 10.6 Å². The summed E-state index contributed by atoms with van der Waals surface area (Å²) >= 11 is 5.85. The molecule has 0 bridgehead atoms. The van der Waals surface area contributed by atoms with E-state index in [1.54, 1.807) is 6.92 Å². The molecular weight excluding hydrogens is 471 g/mol. The van der Waals surface area contributed by atoms with Gasteiger partial charge in [0.1, 0.15) is 11.7 Å². The number of rotatable bonds is 6. The van der Waals surface area contributed by atoms with E-state index in [0.717, 1.165) is 37.8 Å². The third-order valence-corrected chi connectivity index (χ3v) is 5.82. The third kappa shape index (κ3) is 7.21. The highest BCUT2D eigenvalue weighted by Gasteiger charge is 2.25. The lowest BCUT2D eigenvalue weighted by Crippen LogP contribution is -2.39. The van der Waals surface area contributed by atoms with Crippen molar-refractivity contribution in [1.29, 1.82) is 0 Å². The first-order valence-electron chi connectivity index (χ1n) is 11.0. The van der Waals surface area contributed by atoms with Crippen LogP contribution in [0.4, 0.5) is 23.7 Å². The van der Waals surface area contributed by atoms with Gasteiger partial charge in [-0.15, -0.1) is 0 Å². The number of ether oxygens (including phenoxy) is 1. The zero-order valence-corrected chi connectivity index (χ0v) is 19.3. The highest BCUT2D eigenvalue weighted by molar-refractivity contribution is 6.31. The summed E-state index contributed by atoms with van der Waals surface area (Å²) in [4.78, 5) is 28.7. The summed E-state index contributed by atoms with van der Waals surface area (Å²) in [5.74, 6) is -2.99. The quantitative estimate of drug-likeness (QED) is 0.386. The number of carbonyl (C=O) groups is 2. The zero-order valence-electron chi connectivity index (χ0n) is 18.5. The van der Waals surface area contributed by atoms with Gasteiger partial charge in [-0.2, -0.15) is 0 Å². The number of amides is 2. The summed E-state index contributed by atoms with van der Waals surface area (Å²) in [6.07, 6.45) is 2.94. The molecule has 3 rings (SSSR count). The number of nitrogens with one attached hydrogen (secondary N) is 2. The van der Waals surface area contributed by atoms with E-state index < -0.39 is 29.5 Å². The number of benzene rings is 2. The van der Waals surface area contributed by atoms with Crippen LogP contribution < -0.4 is 10.6 Å². The van der Waals surface area contributed by atoms with Crippen molar-refractivity contribution in [2.75, 3.05) is 6.61 Å². The van der Waals surface area contributed by atoms with Crippen molar-refractivity contribution in [3.8, 4) is 0 Å². The molecule has 34 heavy (non-hydrogen) atoms. The molecule has 0 heterocycles. The predicted molar refractivity (Wildman–Crippen MR) is 123 cm³/mol. The van der Waals surface area contributed by atoms with Crippen LogP contribution in [0, 0.1) is 23.4 Å². The predicted octanol–water partition coefficient (Wildman–Crippen LogP) is 5.91. The average molecular weight is 496 g/mol. The number of alkyl carbamates (subject to hydrolysis) is 1. The molecule has 1 aliphatic carbocycles. The molecule has 10 heteroatoms. The van der Waals surface area contributed by atoms with Crippen LogP contribution >= 0.6 is 11.6 Å². The number of nitrogens with zero attached hydrogens (tertiary/aromatic N) is 1. The van der Waals surface area contributed by atoms with Crippen LogP contribution in [0.15, 0.2) is 41.4 Å². The van der Waals surface area contributed by atoms with Crippen LogP contribution in [0.3, 0.4) is 0 Å². The normalized spacial score (nSPS) is 18.3. The van der Waals surface area contributed by atoms with Crippen LogP contribution in [0.1, 0.15) is 49.4 Å². The largest absolute Gasteiger partial charge is 0.450 e. The minimum atomic E-state index is -1.14. The smallest absolute Gasteiger partial charge is 0.407 e. The van der Waals surface area contributed by atoms with Crippen molar-refractivity contribution < 1.29 is 27.5 Å². The number of hydrogen-bond donors (Lipinski definition) is 2. The van der Waals surface area contributed by atoms with Gasteiger partial charge in [-0.25, -0.2) is 23.0 Å². The molecule has 0 spiro atoms. The van der Waals surface area contributed by atoms with Crippen LogP contribution in [0.5, 0.6) is 0 Å². The van der Waals surface area contributed by atoms with E-state index in [0.29, 0.717) is 24.6 Å². The van der Waals surface area contributed by atoms with Gasteiger partial charge < -0.3 is 15.4 Å². The molecule has 1 fully saturated rings. The van der Waals surface area contributed by atoms with Gasteiger partial charge in [-0.1, -0.05) is 11.6 Å². The molecular formula is C24H25ClF3N3O3. The number of carbonyl (C=O) groups excluding carboxylic acids is 2. The van der Waals surface area contributed by atoms with E-state index in [-0.39, 0.29) is 22.5 Å². The Labute approximate surface area is 200 Å². The van der Waals surface area contributed by atoms with Crippen LogP contribution in [-0.4, -0.2) is 30.5 Å². The van der Waals surface area contributed by atoms with Gasteiger partial charge in [0.05, 0.1) is 17.3 Å². The Hall–Kier alpha value is -3.07. The fraction of sp³-hybridized carbons (Fsp3) is 0.375. The van der Waals surface area contributed by atoms with Gasteiger partial charge in [0, 0.05) is 18.0 Å². The summed E-state index contributed by atoms with van der Waals surface area (Å²) in [7, 11) is 0. The first kappa shape index (κ1) is 25.6. The maximum Gasteiger partial charge on any atom is 0.407 e. The lowest BCUT2D eigenvalue weighted by Gasteiger charge is -2.29. The second-order valence-electron chi connectivity index (χ2n) is 8.03. The monoisotopic (exact) mass is 495 g/mol. The fourth-order valence-electron chi connectivity index (χ4n) is 3.80. The number of aliphatic imine (C=N–C) groups is 1. The number of amidine groups is 1. The number of hydrogen-bond acceptors (Lipinski definition) is 4. The molecule has 1 aliphatic rings. The van der Waals surface area contributed by atoms with Gasteiger partial charge in [-0.05, 0) is 74.9 Å². The van der Waals surface area contributed by atoms with Crippen molar-refractivity contribution in [2.45, 2.75) is 45.1 Å². The summed E-state index contributed by atoms with van der Waals surface area (Å²) in [5.41, 5.74) is 0.274. The Balaban J connectivity index is 1.72. The summed E-state index contributed by atoms with van der Waals surface area (Å²) in [5, 5.41) is 5.38. The minimum Gasteiger partial charge on any atom is -0.450 e. The maximum absolute atomic E-state index is 13.6. The van der Waals surface area contributed by atoms with Crippen molar-refractivity contribution in [2.24, 2.45) is 10.9 Å². The molecule has 182 valence electrons. The van der Waals surface area contributed by atoms with E-state index in [4.69, 9.17) is 16.3 Å². The van der Waals surface area contributed by atoms with Gasteiger partial charge in [-0.3, -0.25) is 4.79 Å².